The molecular weight excluding hydrogens is 220 g/mol. The van der Waals surface area contributed by atoms with Gasteiger partial charge in [-0.05, 0) is 13.5 Å². The number of hydrogen-bond donors (Lipinski definition) is 1. The quantitative estimate of drug-likeness (QED) is 0.882. The summed E-state index contributed by atoms with van der Waals surface area (Å²) >= 11 is 1.73. The maximum absolute atomic E-state index is 4.44. The molecule has 0 bridgehead atoms. The summed E-state index contributed by atoms with van der Waals surface area (Å²) in [6.45, 7) is 6.05. The molecule has 86 valence electrons. The van der Waals surface area contributed by atoms with Crippen LogP contribution in [0.15, 0.2) is 12.4 Å². The summed E-state index contributed by atoms with van der Waals surface area (Å²) in [5.74, 6) is 0. The third-order valence-corrected chi connectivity index (χ3v) is 3.60. The van der Waals surface area contributed by atoms with Gasteiger partial charge in [-0.15, -0.1) is 11.3 Å². The summed E-state index contributed by atoms with van der Waals surface area (Å²) in [5.41, 5.74) is 2.29. The van der Waals surface area contributed by atoms with Crippen molar-refractivity contribution in [1.82, 2.24) is 20.1 Å². The molecule has 16 heavy (non-hydrogen) atoms. The molecule has 1 N–H and O–H groups in total. The second-order valence-corrected chi connectivity index (χ2v) is 4.79. The molecule has 2 aromatic rings. The van der Waals surface area contributed by atoms with E-state index in [0.717, 1.165) is 29.4 Å². The summed E-state index contributed by atoms with van der Waals surface area (Å²) in [6, 6.07) is 0. The van der Waals surface area contributed by atoms with Crippen molar-refractivity contribution in [3.63, 3.8) is 0 Å². The average Bonchev–Trinajstić information content (AvgIpc) is 2.85. The van der Waals surface area contributed by atoms with Crippen LogP contribution in [0, 0.1) is 6.92 Å². The minimum absolute atomic E-state index is 0.896. The molecule has 0 saturated heterocycles. The van der Waals surface area contributed by atoms with Crippen molar-refractivity contribution >= 4 is 11.3 Å². The Morgan fingerprint density at radius 2 is 2.25 bits per heavy atom. The summed E-state index contributed by atoms with van der Waals surface area (Å²) < 4.78 is 1.88. The molecule has 0 aromatic carbocycles. The van der Waals surface area contributed by atoms with E-state index in [1.165, 1.54) is 4.88 Å². The molecule has 0 atom stereocenters. The van der Waals surface area contributed by atoms with E-state index in [0.29, 0.717) is 0 Å². The Balaban J connectivity index is 2.21. The minimum atomic E-state index is 0.896. The van der Waals surface area contributed by atoms with Crippen LogP contribution in [-0.4, -0.2) is 21.3 Å². The SMILES string of the molecule is CCNCc1cnc(-c2cnn(C)c2C)s1. The highest BCUT2D eigenvalue weighted by atomic mass is 32.1. The number of rotatable bonds is 4. The van der Waals surface area contributed by atoms with Gasteiger partial charge in [0.15, 0.2) is 0 Å². The molecule has 2 rings (SSSR count). The van der Waals surface area contributed by atoms with Gasteiger partial charge in [0.25, 0.3) is 0 Å². The molecule has 0 aliphatic rings. The Kier molecular flexibility index (Phi) is 3.36. The van der Waals surface area contributed by atoms with Gasteiger partial charge in [-0.2, -0.15) is 5.10 Å². The monoisotopic (exact) mass is 236 g/mol. The molecule has 0 saturated carbocycles. The first-order chi connectivity index (χ1) is 7.72. The van der Waals surface area contributed by atoms with Crippen LogP contribution in [0.1, 0.15) is 17.5 Å². The van der Waals surface area contributed by atoms with E-state index in [1.54, 1.807) is 11.3 Å². The van der Waals surface area contributed by atoms with Crippen molar-refractivity contribution in [3.8, 4) is 10.6 Å². The lowest BCUT2D eigenvalue weighted by atomic mass is 10.3. The molecule has 4 nitrogen and oxygen atoms in total. The van der Waals surface area contributed by atoms with E-state index in [4.69, 9.17) is 0 Å². The number of nitrogens with zero attached hydrogens (tertiary/aromatic N) is 3. The van der Waals surface area contributed by atoms with Gasteiger partial charge in [-0.25, -0.2) is 4.98 Å². The van der Waals surface area contributed by atoms with Crippen molar-refractivity contribution < 1.29 is 0 Å². The molecule has 0 spiro atoms. The summed E-state index contributed by atoms with van der Waals surface area (Å²) in [5, 5.41) is 8.58. The first-order valence-corrected chi connectivity index (χ1v) is 6.18. The Morgan fingerprint density at radius 1 is 1.44 bits per heavy atom. The van der Waals surface area contributed by atoms with E-state index >= 15 is 0 Å². The van der Waals surface area contributed by atoms with Crippen LogP contribution in [0.4, 0.5) is 0 Å². The highest BCUT2D eigenvalue weighted by molar-refractivity contribution is 7.15. The molecular formula is C11H16N4S. The first-order valence-electron chi connectivity index (χ1n) is 5.36. The first kappa shape index (κ1) is 11.3. The number of hydrogen-bond acceptors (Lipinski definition) is 4. The fourth-order valence-electron chi connectivity index (χ4n) is 1.47. The van der Waals surface area contributed by atoms with Gasteiger partial charge in [0, 0.05) is 30.4 Å². The van der Waals surface area contributed by atoms with Crippen molar-refractivity contribution in [2.45, 2.75) is 20.4 Å². The fraction of sp³-hybridized carbons (Fsp3) is 0.455. The fourth-order valence-corrected chi connectivity index (χ4v) is 2.41. The molecule has 0 aliphatic heterocycles. The van der Waals surface area contributed by atoms with Crippen LogP contribution in [0.2, 0.25) is 0 Å². The van der Waals surface area contributed by atoms with Gasteiger partial charge in [0.05, 0.1) is 11.8 Å². The summed E-state index contributed by atoms with van der Waals surface area (Å²) in [6.07, 6.45) is 3.82. The van der Waals surface area contributed by atoms with E-state index in [-0.39, 0.29) is 0 Å². The smallest absolute Gasteiger partial charge is 0.127 e. The number of thiazole rings is 1. The highest BCUT2D eigenvalue weighted by Gasteiger charge is 2.10. The predicted molar refractivity (Wildman–Crippen MR) is 66.4 cm³/mol. The van der Waals surface area contributed by atoms with Crippen molar-refractivity contribution in [2.24, 2.45) is 7.05 Å². The largest absolute Gasteiger partial charge is 0.312 e. The van der Waals surface area contributed by atoms with Crippen LogP contribution in [0.25, 0.3) is 10.6 Å². The molecule has 5 heteroatoms. The van der Waals surface area contributed by atoms with Gasteiger partial charge in [-0.1, -0.05) is 6.92 Å². The second kappa shape index (κ2) is 4.76. The Morgan fingerprint density at radius 3 is 2.88 bits per heavy atom. The molecule has 0 unspecified atom stereocenters. The lowest BCUT2D eigenvalue weighted by Gasteiger charge is -1.96. The van der Waals surface area contributed by atoms with E-state index < -0.39 is 0 Å². The van der Waals surface area contributed by atoms with Crippen LogP contribution in [0.5, 0.6) is 0 Å². The molecule has 0 radical (unpaired) electrons. The zero-order valence-corrected chi connectivity index (χ0v) is 10.6. The second-order valence-electron chi connectivity index (χ2n) is 3.68. The van der Waals surface area contributed by atoms with Gasteiger partial charge in [0.2, 0.25) is 0 Å². The zero-order valence-electron chi connectivity index (χ0n) is 9.82. The third kappa shape index (κ3) is 2.15. The minimum Gasteiger partial charge on any atom is -0.312 e. The summed E-state index contributed by atoms with van der Waals surface area (Å²) in [7, 11) is 1.95. The van der Waals surface area contributed by atoms with Crippen molar-refractivity contribution in [2.75, 3.05) is 6.54 Å². The lowest BCUT2D eigenvalue weighted by Crippen LogP contribution is -2.10. The molecule has 2 aromatic heterocycles. The molecule has 2 heterocycles. The van der Waals surface area contributed by atoms with Crippen LogP contribution in [0.3, 0.4) is 0 Å². The van der Waals surface area contributed by atoms with Gasteiger partial charge in [-0.3, -0.25) is 4.68 Å². The normalized spacial score (nSPS) is 10.9. The summed E-state index contributed by atoms with van der Waals surface area (Å²) in [4.78, 5) is 5.70. The number of nitrogens with one attached hydrogen (secondary N) is 1. The van der Waals surface area contributed by atoms with Crippen molar-refractivity contribution in [3.05, 3.63) is 23.0 Å². The number of aryl methyl sites for hydroxylation is 1. The zero-order chi connectivity index (χ0) is 11.5. The predicted octanol–water partition coefficient (Wildman–Crippen LogP) is 1.96. The van der Waals surface area contributed by atoms with Gasteiger partial charge < -0.3 is 5.32 Å². The Bertz CT molecular complexity index is 472. The van der Waals surface area contributed by atoms with E-state index in [1.807, 2.05) is 24.1 Å². The van der Waals surface area contributed by atoms with Gasteiger partial charge in [0.1, 0.15) is 5.01 Å². The van der Waals surface area contributed by atoms with E-state index in [9.17, 15) is 0 Å². The average molecular weight is 236 g/mol. The topological polar surface area (TPSA) is 42.7 Å². The molecule has 0 aliphatic carbocycles. The van der Waals surface area contributed by atoms with Crippen LogP contribution >= 0.6 is 11.3 Å². The number of aromatic nitrogens is 3. The third-order valence-electron chi connectivity index (χ3n) is 2.57. The standard InChI is InChI=1S/C11H16N4S/c1-4-12-5-9-6-13-11(16-9)10-7-14-15(3)8(10)2/h6-7,12H,4-5H2,1-3H3. The van der Waals surface area contributed by atoms with Crippen LogP contribution in [-0.2, 0) is 13.6 Å². The Labute approximate surface area is 99.3 Å². The molecule has 0 amide bonds. The van der Waals surface area contributed by atoms with E-state index in [2.05, 4.69) is 29.2 Å². The Hall–Kier alpha value is -1.20. The van der Waals surface area contributed by atoms with Gasteiger partial charge >= 0.3 is 0 Å². The maximum Gasteiger partial charge on any atom is 0.127 e. The van der Waals surface area contributed by atoms with Crippen molar-refractivity contribution in [1.29, 1.82) is 0 Å². The lowest BCUT2D eigenvalue weighted by molar-refractivity contribution is 0.734. The highest BCUT2D eigenvalue weighted by Crippen LogP contribution is 2.27. The molecule has 0 fully saturated rings. The maximum atomic E-state index is 4.44. The van der Waals surface area contributed by atoms with Crippen LogP contribution < -0.4 is 5.32 Å².